The number of rotatable bonds is 10. The van der Waals surface area contributed by atoms with Gasteiger partial charge in [0, 0.05) is 6.42 Å². The highest BCUT2D eigenvalue weighted by Gasteiger charge is 2.14. The van der Waals surface area contributed by atoms with Crippen molar-refractivity contribution in [1.29, 1.82) is 0 Å². The van der Waals surface area contributed by atoms with Crippen LogP contribution in [-0.2, 0) is 9.59 Å². The zero-order chi connectivity index (χ0) is 17.8. The molecule has 0 aliphatic heterocycles. The molecule has 0 bridgehead atoms. The molecule has 0 saturated carbocycles. The van der Waals surface area contributed by atoms with E-state index in [0.29, 0.717) is 19.3 Å². The predicted octanol–water partition coefficient (Wildman–Crippen LogP) is 2.58. The van der Waals surface area contributed by atoms with Gasteiger partial charge in [0.05, 0.1) is 5.92 Å². The first kappa shape index (κ1) is 25.8. The molecule has 6 nitrogen and oxygen atoms in total. The third-order valence-electron chi connectivity index (χ3n) is 2.79. The molecule has 0 aliphatic rings. The van der Waals surface area contributed by atoms with Crippen molar-refractivity contribution in [3.8, 4) is 0 Å². The first-order chi connectivity index (χ1) is 10.4. The summed E-state index contributed by atoms with van der Waals surface area (Å²) in [5.74, 6) is -2.08. The summed E-state index contributed by atoms with van der Waals surface area (Å²) in [7, 11) is 0. The van der Waals surface area contributed by atoms with Crippen LogP contribution in [0.1, 0.15) is 60.3 Å². The zero-order valence-corrected chi connectivity index (χ0v) is 14.9. The third kappa shape index (κ3) is 27.2. The van der Waals surface area contributed by atoms with Crippen molar-refractivity contribution in [2.75, 3.05) is 26.2 Å². The van der Waals surface area contributed by atoms with Gasteiger partial charge in [0.15, 0.2) is 0 Å². The van der Waals surface area contributed by atoms with Crippen LogP contribution in [0.25, 0.3) is 0 Å². The van der Waals surface area contributed by atoms with Crippen LogP contribution >= 0.6 is 0 Å². The highest BCUT2D eigenvalue weighted by Crippen LogP contribution is 2.12. The fourth-order valence-electron chi connectivity index (χ4n) is 1.50. The van der Waals surface area contributed by atoms with Gasteiger partial charge in [-0.3, -0.25) is 9.59 Å². The second-order valence-corrected chi connectivity index (χ2v) is 4.64. The third-order valence-corrected chi connectivity index (χ3v) is 2.79. The van der Waals surface area contributed by atoms with Crippen LogP contribution in [-0.4, -0.2) is 48.3 Å². The minimum atomic E-state index is -0.866. The highest BCUT2D eigenvalue weighted by atomic mass is 16.4. The number of aliphatic carboxylic acids is 2. The van der Waals surface area contributed by atoms with E-state index >= 15 is 0 Å². The minimum Gasteiger partial charge on any atom is -0.481 e. The van der Waals surface area contributed by atoms with E-state index in [4.69, 9.17) is 10.2 Å². The highest BCUT2D eigenvalue weighted by molar-refractivity contribution is 5.70. The Hall–Kier alpha value is -1.14. The maximum absolute atomic E-state index is 10.5. The molecule has 6 heteroatoms. The predicted molar refractivity (Wildman–Crippen MR) is 91.3 cm³/mol. The topological polar surface area (TPSA) is 98.7 Å². The summed E-state index contributed by atoms with van der Waals surface area (Å²) < 4.78 is 0. The molecule has 0 amide bonds. The van der Waals surface area contributed by atoms with E-state index in [1.54, 1.807) is 6.92 Å². The summed E-state index contributed by atoms with van der Waals surface area (Å²) in [6.07, 6.45) is 1.52. The van der Waals surface area contributed by atoms with Gasteiger partial charge in [-0.25, -0.2) is 0 Å². The van der Waals surface area contributed by atoms with Gasteiger partial charge in [0.1, 0.15) is 0 Å². The van der Waals surface area contributed by atoms with E-state index in [0.717, 1.165) is 26.2 Å². The van der Waals surface area contributed by atoms with E-state index in [1.807, 2.05) is 0 Å². The Kier molecular flexibility index (Phi) is 26.0. The molecule has 0 radical (unpaired) electrons. The lowest BCUT2D eigenvalue weighted by atomic mass is 10.00. The first-order valence-corrected chi connectivity index (χ1v) is 8.26. The second-order valence-electron chi connectivity index (χ2n) is 4.64. The smallest absolute Gasteiger partial charge is 0.306 e. The molecule has 0 spiro atoms. The van der Waals surface area contributed by atoms with Crippen molar-refractivity contribution in [3.05, 3.63) is 0 Å². The molecule has 0 aromatic carbocycles. The van der Waals surface area contributed by atoms with Gasteiger partial charge in [-0.1, -0.05) is 34.6 Å². The molecule has 1 atom stereocenters. The van der Waals surface area contributed by atoms with Gasteiger partial charge in [0.2, 0.25) is 0 Å². The second kappa shape index (κ2) is 22.1. The molecular weight excluding hydrogens is 284 g/mol. The van der Waals surface area contributed by atoms with Crippen molar-refractivity contribution in [2.45, 2.75) is 60.3 Å². The fourth-order valence-corrected chi connectivity index (χ4v) is 1.50. The summed E-state index contributed by atoms with van der Waals surface area (Å²) in [4.78, 5) is 20.6. The number of hydrogen-bond donors (Lipinski definition) is 4. The summed E-state index contributed by atoms with van der Waals surface area (Å²) in [6, 6.07) is 0. The average Bonchev–Trinajstić information content (AvgIpc) is 2.46. The fraction of sp³-hybridized carbons (Fsp3) is 0.875. The van der Waals surface area contributed by atoms with Crippen LogP contribution < -0.4 is 10.6 Å². The lowest BCUT2D eigenvalue weighted by Gasteiger charge is -2.07. The Labute approximate surface area is 135 Å². The minimum absolute atomic E-state index is 0.0593. The lowest BCUT2D eigenvalue weighted by Crippen LogP contribution is -2.12. The van der Waals surface area contributed by atoms with E-state index < -0.39 is 11.9 Å². The maximum Gasteiger partial charge on any atom is 0.306 e. The Morgan fingerprint density at radius 3 is 1.45 bits per heavy atom. The average molecular weight is 320 g/mol. The largest absolute Gasteiger partial charge is 0.481 e. The van der Waals surface area contributed by atoms with Crippen LogP contribution in [0.15, 0.2) is 0 Å². The number of hydrogen-bond acceptors (Lipinski definition) is 4. The Morgan fingerprint density at radius 2 is 1.27 bits per heavy atom. The van der Waals surface area contributed by atoms with Crippen molar-refractivity contribution in [2.24, 2.45) is 5.92 Å². The van der Waals surface area contributed by atoms with Crippen molar-refractivity contribution in [3.63, 3.8) is 0 Å². The number of nitrogens with one attached hydrogen (secondary N) is 2. The van der Waals surface area contributed by atoms with Gasteiger partial charge in [0.25, 0.3) is 0 Å². The maximum atomic E-state index is 10.5. The first-order valence-electron chi connectivity index (χ1n) is 8.26. The summed E-state index contributed by atoms with van der Waals surface area (Å²) in [5, 5.41) is 23.1. The normalized spacial score (nSPS) is 10.6. The van der Waals surface area contributed by atoms with Crippen LogP contribution in [0.4, 0.5) is 0 Å². The van der Waals surface area contributed by atoms with E-state index in [2.05, 4.69) is 38.3 Å². The molecule has 134 valence electrons. The molecule has 0 rings (SSSR count). The molecule has 0 aromatic heterocycles. The molecule has 0 saturated heterocycles. The SMILES string of the molecule is CCC(CCCC(=O)O)C(=O)O.CCNCC.CCNCC. The van der Waals surface area contributed by atoms with Crippen LogP contribution in [0.3, 0.4) is 0 Å². The molecular formula is C16H36N2O4. The molecule has 1 unspecified atom stereocenters. The molecule has 0 aliphatic carbocycles. The number of carbonyl (C=O) groups is 2. The number of carboxylic acid groups (broad SMARTS) is 2. The Bertz CT molecular complexity index is 238. The van der Waals surface area contributed by atoms with Crippen LogP contribution in [0.2, 0.25) is 0 Å². The van der Waals surface area contributed by atoms with Gasteiger partial charge in [-0.2, -0.15) is 0 Å². The molecule has 4 N–H and O–H groups in total. The summed E-state index contributed by atoms with van der Waals surface area (Å²) in [5.41, 5.74) is 0. The van der Waals surface area contributed by atoms with E-state index in [-0.39, 0.29) is 12.3 Å². The Balaban J connectivity index is -0.000000298. The standard InChI is InChI=1S/C8H14O4.2C4H11N/c1-2-6(8(11)12)4-3-5-7(9)10;2*1-3-5-4-2/h6H,2-5H2,1H3,(H,9,10)(H,11,12);2*5H,3-4H2,1-2H3. The Morgan fingerprint density at radius 1 is 0.864 bits per heavy atom. The van der Waals surface area contributed by atoms with Crippen LogP contribution in [0, 0.1) is 5.92 Å². The van der Waals surface area contributed by atoms with Gasteiger partial charge in [-0.05, 0) is 45.4 Å². The molecule has 0 heterocycles. The van der Waals surface area contributed by atoms with Gasteiger partial charge in [-0.15, -0.1) is 0 Å². The number of carboxylic acids is 2. The monoisotopic (exact) mass is 320 g/mol. The quantitative estimate of drug-likeness (QED) is 0.494. The molecule has 0 aromatic rings. The summed E-state index contributed by atoms with van der Waals surface area (Å²) in [6.45, 7) is 14.6. The van der Waals surface area contributed by atoms with Crippen molar-refractivity contribution < 1.29 is 19.8 Å². The lowest BCUT2D eigenvalue weighted by molar-refractivity contribution is -0.143. The zero-order valence-electron chi connectivity index (χ0n) is 14.9. The van der Waals surface area contributed by atoms with E-state index in [9.17, 15) is 9.59 Å². The summed E-state index contributed by atoms with van der Waals surface area (Å²) >= 11 is 0. The van der Waals surface area contributed by atoms with Crippen molar-refractivity contribution >= 4 is 11.9 Å². The van der Waals surface area contributed by atoms with E-state index in [1.165, 1.54) is 0 Å². The van der Waals surface area contributed by atoms with Gasteiger partial charge >= 0.3 is 11.9 Å². The molecule has 22 heavy (non-hydrogen) atoms. The molecule has 0 fully saturated rings. The van der Waals surface area contributed by atoms with Gasteiger partial charge < -0.3 is 20.8 Å². The van der Waals surface area contributed by atoms with Crippen molar-refractivity contribution in [1.82, 2.24) is 10.6 Å². The van der Waals surface area contributed by atoms with Crippen LogP contribution in [0.5, 0.6) is 0 Å².